The normalized spacial score (nSPS) is 20.2. The number of anilines is 1. The summed E-state index contributed by atoms with van der Waals surface area (Å²) in [4.78, 5) is 22.8. The third-order valence-electron chi connectivity index (χ3n) is 3.38. The van der Waals surface area contributed by atoms with Crippen molar-refractivity contribution in [3.05, 3.63) is 24.3 Å². The van der Waals surface area contributed by atoms with Crippen LogP contribution in [0.4, 0.5) is 5.69 Å². The molecule has 1 aliphatic heterocycles. The number of rotatable bonds is 5. The van der Waals surface area contributed by atoms with Crippen molar-refractivity contribution in [1.29, 1.82) is 0 Å². The van der Waals surface area contributed by atoms with Gasteiger partial charge in [-0.05, 0) is 24.3 Å². The number of amides is 1. The topological polar surface area (TPSA) is 127 Å². The average molecular weight is 376 g/mol. The fraction of sp³-hybridized carbons (Fsp3) is 0.385. The molecular weight excluding hydrogens is 360 g/mol. The van der Waals surface area contributed by atoms with E-state index < -0.39 is 44.4 Å². The first-order chi connectivity index (χ1) is 11.1. The molecule has 1 heterocycles. The van der Waals surface area contributed by atoms with Gasteiger partial charge in [0, 0.05) is 0 Å². The minimum absolute atomic E-state index is 0.0660. The maximum Gasteiger partial charge on any atom is 0.320 e. The lowest BCUT2D eigenvalue weighted by Gasteiger charge is -2.15. The number of nitrogens with zero attached hydrogens (tertiary/aromatic N) is 1. The van der Waals surface area contributed by atoms with E-state index in [-0.39, 0.29) is 16.3 Å². The number of nitrogens with one attached hydrogen (secondary N) is 1. The maximum atomic E-state index is 12.0. The van der Waals surface area contributed by atoms with Gasteiger partial charge in [-0.2, -0.15) is 4.72 Å². The number of hydrogen-bond acceptors (Lipinski definition) is 7. The average Bonchev–Trinajstić information content (AvgIpc) is 2.72. The molecule has 1 atom stereocenters. The first-order valence-corrected chi connectivity index (χ1v) is 9.91. The summed E-state index contributed by atoms with van der Waals surface area (Å²) in [6.45, 7) is 0.979. The molecular formula is C13H16N2O7S2. The van der Waals surface area contributed by atoms with Gasteiger partial charge in [-0.3, -0.25) is 9.59 Å². The first-order valence-electron chi connectivity index (χ1n) is 6.82. The second kappa shape index (κ2) is 6.49. The lowest BCUT2D eigenvalue weighted by Crippen LogP contribution is -2.31. The van der Waals surface area contributed by atoms with Gasteiger partial charge in [-0.15, -0.1) is 0 Å². The lowest BCUT2D eigenvalue weighted by molar-refractivity contribution is -0.139. The number of ether oxygens (including phenoxy) is 1. The van der Waals surface area contributed by atoms with Crippen LogP contribution in [-0.4, -0.2) is 48.1 Å². The van der Waals surface area contributed by atoms with E-state index >= 15 is 0 Å². The summed E-state index contributed by atoms with van der Waals surface area (Å²) in [6.07, 6.45) is 0. The standard InChI is InChI=1S/C13H16N2O7S2/c1-9-8-23(18,19)15(13(9)17)10-3-5-11(6-4-10)24(20,21)14-7-12(16)22-2/h3-6,9,14H,7-8H2,1-2H3. The summed E-state index contributed by atoms with van der Waals surface area (Å²) in [5.41, 5.74) is 0.0660. The molecule has 0 aromatic heterocycles. The first kappa shape index (κ1) is 18.4. The largest absolute Gasteiger partial charge is 0.468 e. The second-order valence-corrected chi connectivity index (χ2v) is 8.81. The van der Waals surface area contributed by atoms with Crippen molar-refractivity contribution in [3.8, 4) is 0 Å². The predicted molar refractivity (Wildman–Crippen MR) is 84.1 cm³/mol. The van der Waals surface area contributed by atoms with E-state index in [0.29, 0.717) is 4.31 Å². The number of carbonyl (C=O) groups excluding carboxylic acids is 2. The summed E-state index contributed by atoms with van der Waals surface area (Å²) in [7, 11) is -6.59. The highest BCUT2D eigenvalue weighted by Gasteiger charge is 2.41. The van der Waals surface area contributed by atoms with Gasteiger partial charge < -0.3 is 4.74 Å². The number of carbonyl (C=O) groups is 2. The Morgan fingerprint density at radius 3 is 2.38 bits per heavy atom. The Morgan fingerprint density at radius 2 is 1.92 bits per heavy atom. The van der Waals surface area contributed by atoms with E-state index in [1.165, 1.54) is 19.1 Å². The van der Waals surface area contributed by atoms with E-state index in [1.807, 2.05) is 4.72 Å². The Hall–Kier alpha value is -1.98. The summed E-state index contributed by atoms with van der Waals surface area (Å²) in [6, 6.07) is 4.75. The van der Waals surface area contributed by atoms with Crippen molar-refractivity contribution >= 4 is 37.6 Å². The fourth-order valence-corrected chi connectivity index (χ4v) is 4.95. The molecule has 0 radical (unpaired) electrons. The molecule has 2 rings (SSSR count). The number of hydrogen-bond donors (Lipinski definition) is 1. The van der Waals surface area contributed by atoms with Crippen molar-refractivity contribution in [1.82, 2.24) is 4.72 Å². The summed E-state index contributed by atoms with van der Waals surface area (Å²) >= 11 is 0. The summed E-state index contributed by atoms with van der Waals surface area (Å²) in [5, 5.41) is 0. The molecule has 1 aliphatic rings. The summed E-state index contributed by atoms with van der Waals surface area (Å²) in [5.74, 6) is -2.25. The van der Waals surface area contributed by atoms with E-state index in [2.05, 4.69) is 4.74 Å². The van der Waals surface area contributed by atoms with Crippen LogP contribution >= 0.6 is 0 Å². The molecule has 24 heavy (non-hydrogen) atoms. The van der Waals surface area contributed by atoms with Gasteiger partial charge in [0.2, 0.25) is 26.0 Å². The zero-order valence-electron chi connectivity index (χ0n) is 12.9. The van der Waals surface area contributed by atoms with Crippen LogP contribution in [0, 0.1) is 5.92 Å². The Bertz CT molecular complexity index is 860. The Labute approximate surface area is 139 Å². The predicted octanol–water partition coefficient (Wildman–Crippen LogP) is -0.550. The van der Waals surface area contributed by atoms with E-state index in [9.17, 15) is 26.4 Å². The van der Waals surface area contributed by atoms with Gasteiger partial charge in [0.15, 0.2) is 0 Å². The highest BCUT2D eigenvalue weighted by molar-refractivity contribution is 7.94. The molecule has 9 nitrogen and oxygen atoms in total. The van der Waals surface area contributed by atoms with Crippen LogP contribution < -0.4 is 9.03 Å². The molecule has 0 aliphatic carbocycles. The van der Waals surface area contributed by atoms with Crippen molar-refractivity contribution in [2.24, 2.45) is 5.92 Å². The molecule has 1 aromatic rings. The third kappa shape index (κ3) is 3.57. The fourth-order valence-electron chi connectivity index (χ4n) is 2.16. The molecule has 1 saturated heterocycles. The molecule has 1 fully saturated rings. The maximum absolute atomic E-state index is 12.0. The van der Waals surface area contributed by atoms with Crippen LogP contribution in [0.15, 0.2) is 29.2 Å². The monoisotopic (exact) mass is 376 g/mol. The van der Waals surface area contributed by atoms with Gasteiger partial charge in [0.05, 0.1) is 29.4 Å². The van der Waals surface area contributed by atoms with Crippen LogP contribution in [0.2, 0.25) is 0 Å². The van der Waals surface area contributed by atoms with Crippen molar-refractivity contribution < 1.29 is 31.2 Å². The minimum Gasteiger partial charge on any atom is -0.468 e. The highest BCUT2D eigenvalue weighted by Crippen LogP contribution is 2.28. The zero-order valence-corrected chi connectivity index (χ0v) is 14.6. The van der Waals surface area contributed by atoms with Crippen molar-refractivity contribution in [3.63, 3.8) is 0 Å². The van der Waals surface area contributed by atoms with Crippen LogP contribution in [0.1, 0.15) is 6.92 Å². The molecule has 1 amide bonds. The molecule has 1 N–H and O–H groups in total. The van der Waals surface area contributed by atoms with Gasteiger partial charge in [-0.1, -0.05) is 6.92 Å². The van der Waals surface area contributed by atoms with Crippen molar-refractivity contribution in [2.75, 3.05) is 23.7 Å². The smallest absolute Gasteiger partial charge is 0.320 e. The molecule has 1 unspecified atom stereocenters. The third-order valence-corrected chi connectivity index (χ3v) is 6.66. The Morgan fingerprint density at radius 1 is 1.33 bits per heavy atom. The van der Waals surface area contributed by atoms with Gasteiger partial charge in [0.25, 0.3) is 0 Å². The number of methoxy groups -OCH3 is 1. The van der Waals surface area contributed by atoms with Crippen molar-refractivity contribution in [2.45, 2.75) is 11.8 Å². The highest BCUT2D eigenvalue weighted by atomic mass is 32.2. The molecule has 0 saturated carbocycles. The van der Waals surface area contributed by atoms with Gasteiger partial charge >= 0.3 is 5.97 Å². The molecule has 1 aromatic carbocycles. The quantitative estimate of drug-likeness (QED) is 0.683. The minimum atomic E-state index is -3.96. The number of sulfonamides is 2. The SMILES string of the molecule is COC(=O)CNS(=O)(=O)c1ccc(N2C(=O)C(C)CS2(=O)=O)cc1. The number of benzene rings is 1. The second-order valence-electron chi connectivity index (χ2n) is 5.18. The van der Waals surface area contributed by atoms with E-state index in [4.69, 9.17) is 0 Å². The van der Waals surface area contributed by atoms with E-state index in [1.54, 1.807) is 0 Å². The van der Waals surface area contributed by atoms with E-state index in [0.717, 1.165) is 19.2 Å². The van der Waals surface area contributed by atoms with Crippen LogP contribution in [0.3, 0.4) is 0 Å². The van der Waals surface area contributed by atoms with Gasteiger partial charge in [-0.25, -0.2) is 21.1 Å². The Balaban J connectivity index is 2.25. The summed E-state index contributed by atoms with van der Waals surface area (Å²) < 4.78 is 55.1. The van der Waals surface area contributed by atoms with Gasteiger partial charge in [0.1, 0.15) is 6.54 Å². The molecule has 0 spiro atoms. The molecule has 0 bridgehead atoms. The van der Waals surface area contributed by atoms with Crippen LogP contribution in [0.25, 0.3) is 0 Å². The Kier molecular flexibility index (Phi) is 4.97. The molecule has 11 heteroatoms. The zero-order chi connectivity index (χ0) is 18.1. The molecule has 132 valence electrons. The lowest BCUT2D eigenvalue weighted by atomic mass is 10.2. The van der Waals surface area contributed by atoms with Crippen LogP contribution in [0.5, 0.6) is 0 Å². The number of esters is 1. The van der Waals surface area contributed by atoms with Crippen LogP contribution in [-0.2, 0) is 34.4 Å².